The highest BCUT2D eigenvalue weighted by atomic mass is 79.9. The van der Waals surface area contributed by atoms with E-state index in [1.54, 1.807) is 18.7 Å². The van der Waals surface area contributed by atoms with Crippen LogP contribution < -0.4 is 10.5 Å². The molecule has 0 spiro atoms. The van der Waals surface area contributed by atoms with E-state index in [4.69, 9.17) is 5.73 Å². The van der Waals surface area contributed by atoms with Gasteiger partial charge < -0.3 is 5.73 Å². The van der Waals surface area contributed by atoms with Crippen molar-refractivity contribution in [2.75, 3.05) is 17.2 Å². The molecule has 0 bridgehead atoms. The van der Waals surface area contributed by atoms with Gasteiger partial charge in [0.1, 0.15) is 10.7 Å². The van der Waals surface area contributed by atoms with Crippen molar-refractivity contribution < 1.29 is 12.8 Å². The van der Waals surface area contributed by atoms with Gasteiger partial charge in [-0.15, -0.1) is 0 Å². The number of nitrogens with two attached hydrogens (primary N) is 1. The summed E-state index contributed by atoms with van der Waals surface area (Å²) in [7, 11) is -3.74. The molecule has 3 N–H and O–H groups in total. The Hall–Kier alpha value is -0.310. The van der Waals surface area contributed by atoms with Crippen LogP contribution >= 0.6 is 27.7 Å². The number of hydrogen-bond acceptors (Lipinski definition) is 4. The third kappa shape index (κ3) is 4.62. The predicted octanol–water partition coefficient (Wildman–Crippen LogP) is 2.59. The van der Waals surface area contributed by atoms with Crippen molar-refractivity contribution in [3.63, 3.8) is 0 Å². The molecule has 1 unspecified atom stereocenters. The maximum Gasteiger partial charge on any atom is 0.242 e. The van der Waals surface area contributed by atoms with Gasteiger partial charge in [0.25, 0.3) is 0 Å². The van der Waals surface area contributed by atoms with Gasteiger partial charge in [0.05, 0.1) is 10.2 Å². The van der Waals surface area contributed by atoms with E-state index >= 15 is 0 Å². The van der Waals surface area contributed by atoms with E-state index in [2.05, 4.69) is 20.7 Å². The number of anilines is 1. The molecule has 0 fully saturated rings. The summed E-state index contributed by atoms with van der Waals surface area (Å²) in [6.45, 7) is 3.77. The lowest BCUT2D eigenvalue weighted by molar-refractivity contribution is 0.570. The van der Waals surface area contributed by atoms with E-state index in [0.29, 0.717) is 5.75 Å². The average Bonchev–Trinajstić information content (AvgIpc) is 2.30. The molecule has 108 valence electrons. The lowest BCUT2D eigenvalue weighted by atomic mass is 10.3. The highest BCUT2D eigenvalue weighted by Gasteiger charge is 2.21. The highest BCUT2D eigenvalue weighted by Crippen LogP contribution is 2.26. The second-order valence-electron chi connectivity index (χ2n) is 3.99. The molecule has 1 aromatic rings. The summed E-state index contributed by atoms with van der Waals surface area (Å²) >= 11 is 4.59. The van der Waals surface area contributed by atoms with E-state index in [9.17, 15) is 12.8 Å². The number of thioether (sulfide) groups is 1. The topological polar surface area (TPSA) is 72.2 Å². The van der Waals surface area contributed by atoms with Gasteiger partial charge in [-0.25, -0.2) is 17.5 Å². The van der Waals surface area contributed by atoms with E-state index < -0.39 is 15.8 Å². The Morgan fingerprint density at radius 1 is 1.53 bits per heavy atom. The van der Waals surface area contributed by atoms with Gasteiger partial charge in [-0.2, -0.15) is 11.8 Å². The second kappa shape index (κ2) is 6.92. The monoisotopic (exact) mass is 370 g/mol. The van der Waals surface area contributed by atoms with Gasteiger partial charge in [-0.3, -0.25) is 0 Å². The molecule has 19 heavy (non-hydrogen) atoms. The summed E-state index contributed by atoms with van der Waals surface area (Å²) in [5.41, 5.74) is 5.46. The van der Waals surface area contributed by atoms with Crippen LogP contribution in [0, 0.1) is 5.82 Å². The van der Waals surface area contributed by atoms with Crippen LogP contribution in [0.2, 0.25) is 0 Å². The van der Waals surface area contributed by atoms with Crippen molar-refractivity contribution in [3.8, 4) is 0 Å². The van der Waals surface area contributed by atoms with Crippen molar-refractivity contribution in [2.45, 2.75) is 24.8 Å². The standard InChI is InChI=1S/C11H16BrFN2O2S2/c1-3-18-6-7(2)15-19(16,17)11-4-8(12)9(13)5-10(11)14/h4-5,7,15H,3,6,14H2,1-2H3. The lowest BCUT2D eigenvalue weighted by Crippen LogP contribution is -2.34. The summed E-state index contributed by atoms with van der Waals surface area (Å²) in [5, 5.41) is 0. The maximum atomic E-state index is 13.2. The predicted molar refractivity (Wildman–Crippen MR) is 81.3 cm³/mol. The first-order valence-corrected chi connectivity index (χ1v) is 9.05. The largest absolute Gasteiger partial charge is 0.398 e. The number of nitrogens with one attached hydrogen (secondary N) is 1. The first-order chi connectivity index (χ1) is 8.77. The fourth-order valence-electron chi connectivity index (χ4n) is 1.43. The molecule has 0 saturated carbocycles. The zero-order valence-electron chi connectivity index (χ0n) is 10.6. The van der Waals surface area contributed by atoms with E-state index in [-0.39, 0.29) is 21.1 Å². The third-order valence-electron chi connectivity index (χ3n) is 2.27. The Balaban J connectivity index is 2.98. The number of hydrogen-bond donors (Lipinski definition) is 2. The van der Waals surface area contributed by atoms with Crippen LogP contribution in [-0.4, -0.2) is 26.0 Å². The number of benzene rings is 1. The Morgan fingerprint density at radius 3 is 2.74 bits per heavy atom. The summed E-state index contributed by atoms with van der Waals surface area (Å²) in [5.74, 6) is 0.986. The molecule has 0 heterocycles. The third-order valence-corrected chi connectivity index (χ3v) is 5.67. The molecule has 1 atom stereocenters. The fraction of sp³-hybridized carbons (Fsp3) is 0.455. The Morgan fingerprint density at radius 2 is 2.16 bits per heavy atom. The summed E-state index contributed by atoms with van der Waals surface area (Å²) in [6.07, 6.45) is 0. The Kier molecular flexibility index (Phi) is 6.10. The minimum absolute atomic E-state index is 0.0673. The van der Waals surface area contributed by atoms with E-state index in [0.717, 1.165) is 11.8 Å². The van der Waals surface area contributed by atoms with Crippen LogP contribution in [0.4, 0.5) is 10.1 Å². The van der Waals surface area contributed by atoms with Gasteiger partial charge in [0, 0.05) is 11.8 Å². The van der Waals surface area contributed by atoms with Crippen LogP contribution in [0.15, 0.2) is 21.5 Å². The highest BCUT2D eigenvalue weighted by molar-refractivity contribution is 9.10. The zero-order chi connectivity index (χ0) is 14.6. The van der Waals surface area contributed by atoms with Crippen LogP contribution in [0.25, 0.3) is 0 Å². The van der Waals surface area contributed by atoms with Gasteiger partial charge in [0.15, 0.2) is 0 Å². The van der Waals surface area contributed by atoms with Gasteiger partial charge in [-0.1, -0.05) is 6.92 Å². The summed E-state index contributed by atoms with van der Waals surface area (Å²) < 4.78 is 40.1. The van der Waals surface area contributed by atoms with Crippen LogP contribution in [0.1, 0.15) is 13.8 Å². The van der Waals surface area contributed by atoms with Gasteiger partial charge in [0.2, 0.25) is 10.0 Å². The first-order valence-electron chi connectivity index (χ1n) is 5.62. The molecule has 8 heteroatoms. The number of rotatable bonds is 6. The van der Waals surface area contributed by atoms with Crippen LogP contribution in [0.5, 0.6) is 0 Å². The normalized spacial score (nSPS) is 13.5. The second-order valence-corrected chi connectivity index (χ2v) is 7.84. The first kappa shape index (κ1) is 16.7. The molecule has 0 radical (unpaired) electrons. The van der Waals surface area contributed by atoms with Crippen molar-refractivity contribution in [3.05, 3.63) is 22.4 Å². The van der Waals surface area contributed by atoms with E-state index in [1.165, 1.54) is 6.07 Å². The average molecular weight is 371 g/mol. The molecule has 0 saturated heterocycles. The molecular formula is C11H16BrFN2O2S2. The smallest absolute Gasteiger partial charge is 0.242 e. The molecule has 0 aromatic heterocycles. The summed E-state index contributed by atoms with van der Waals surface area (Å²) in [6, 6.07) is 1.94. The number of sulfonamides is 1. The maximum absolute atomic E-state index is 13.2. The van der Waals surface area contributed by atoms with Crippen molar-refractivity contribution in [1.82, 2.24) is 4.72 Å². The molecule has 0 aliphatic rings. The molecule has 0 aliphatic carbocycles. The minimum Gasteiger partial charge on any atom is -0.398 e. The Labute approximate surface area is 125 Å². The molecule has 1 aromatic carbocycles. The van der Waals surface area contributed by atoms with Crippen molar-refractivity contribution >= 4 is 43.4 Å². The molecule has 1 rings (SSSR count). The molecular weight excluding hydrogens is 355 g/mol. The molecule has 0 aliphatic heterocycles. The van der Waals surface area contributed by atoms with Crippen LogP contribution in [0.3, 0.4) is 0 Å². The van der Waals surface area contributed by atoms with Gasteiger partial charge in [-0.05, 0) is 40.7 Å². The minimum atomic E-state index is -3.74. The zero-order valence-corrected chi connectivity index (χ0v) is 13.8. The lowest BCUT2D eigenvalue weighted by Gasteiger charge is -2.15. The molecule has 0 amide bonds. The number of halogens is 2. The van der Waals surface area contributed by atoms with Crippen molar-refractivity contribution in [2.24, 2.45) is 0 Å². The van der Waals surface area contributed by atoms with Gasteiger partial charge >= 0.3 is 0 Å². The molecule has 4 nitrogen and oxygen atoms in total. The van der Waals surface area contributed by atoms with Crippen molar-refractivity contribution in [1.29, 1.82) is 0 Å². The summed E-state index contributed by atoms with van der Waals surface area (Å²) in [4.78, 5) is -0.117. The SMILES string of the molecule is CCSCC(C)NS(=O)(=O)c1cc(Br)c(F)cc1N. The quantitative estimate of drug-likeness (QED) is 0.754. The fourth-order valence-corrected chi connectivity index (χ4v) is 4.09. The number of nitrogen functional groups attached to an aromatic ring is 1. The Bertz CT molecular complexity index is 552. The van der Waals surface area contributed by atoms with E-state index in [1.807, 2.05) is 6.92 Å². The van der Waals surface area contributed by atoms with Crippen LogP contribution in [-0.2, 0) is 10.0 Å².